The predicted molar refractivity (Wildman–Crippen MR) is 78.7 cm³/mol. The summed E-state index contributed by atoms with van der Waals surface area (Å²) in [6, 6.07) is 3.95. The Bertz CT molecular complexity index is 490. The van der Waals surface area contributed by atoms with Gasteiger partial charge in [0.25, 0.3) is 0 Å². The summed E-state index contributed by atoms with van der Waals surface area (Å²) in [5.41, 5.74) is 9.23. The highest BCUT2D eigenvalue weighted by Gasteiger charge is 2.12. The molecule has 0 radical (unpaired) electrons. The number of pyridine rings is 1. The minimum absolute atomic E-state index is 0.578. The van der Waals surface area contributed by atoms with Crippen LogP contribution in [0, 0.1) is 0 Å². The number of hydrogen-bond acceptors (Lipinski definition) is 3. The van der Waals surface area contributed by atoms with Crippen molar-refractivity contribution in [3.63, 3.8) is 0 Å². The Kier molecular flexibility index (Phi) is 4.95. The molecule has 2 aromatic rings. The lowest BCUT2D eigenvalue weighted by Crippen LogP contribution is -1.92. The number of aromatic nitrogens is 3. The van der Waals surface area contributed by atoms with Crippen molar-refractivity contribution >= 4 is 5.82 Å². The highest BCUT2D eigenvalue weighted by molar-refractivity contribution is 5.75. The summed E-state index contributed by atoms with van der Waals surface area (Å²) in [4.78, 5) is 4.04. The van der Waals surface area contributed by atoms with E-state index >= 15 is 0 Å². The van der Waals surface area contributed by atoms with Crippen molar-refractivity contribution in [3.05, 3.63) is 30.2 Å². The van der Waals surface area contributed by atoms with Crippen molar-refractivity contribution < 1.29 is 0 Å². The van der Waals surface area contributed by atoms with Gasteiger partial charge in [0.05, 0.1) is 0 Å². The lowest BCUT2D eigenvalue weighted by Gasteiger charge is -2.04. The number of anilines is 1. The van der Waals surface area contributed by atoms with Gasteiger partial charge in [-0.05, 0) is 30.5 Å². The van der Waals surface area contributed by atoms with E-state index in [2.05, 4.69) is 22.1 Å². The van der Waals surface area contributed by atoms with Crippen LogP contribution in [0.4, 0.5) is 5.82 Å². The van der Waals surface area contributed by atoms with Crippen molar-refractivity contribution in [2.75, 3.05) is 5.73 Å². The molecule has 0 aliphatic carbocycles. The lowest BCUT2D eigenvalue weighted by atomic mass is 10.0. The number of unbranched alkanes of at least 4 members (excludes halogenated alkanes) is 4. The van der Waals surface area contributed by atoms with Crippen molar-refractivity contribution in [2.45, 2.75) is 45.4 Å². The number of nitrogens with one attached hydrogen (secondary N) is 1. The summed E-state index contributed by atoms with van der Waals surface area (Å²) in [7, 11) is 0. The Labute approximate surface area is 114 Å². The first-order valence-electron chi connectivity index (χ1n) is 7.06. The summed E-state index contributed by atoms with van der Waals surface area (Å²) in [5, 5.41) is 7.21. The molecule has 0 aliphatic rings. The van der Waals surface area contributed by atoms with Crippen molar-refractivity contribution in [1.29, 1.82) is 0 Å². The van der Waals surface area contributed by atoms with Crippen LogP contribution in [-0.4, -0.2) is 15.2 Å². The standard InChI is InChI=1S/C15H22N4/c1-2-3-4-5-6-7-13-14(15(16)19-18-13)12-8-10-17-11-9-12/h8-11H,2-7H2,1H3,(H3,16,18,19). The van der Waals surface area contributed by atoms with E-state index in [0.717, 1.165) is 23.2 Å². The average Bonchev–Trinajstić information content (AvgIpc) is 2.81. The van der Waals surface area contributed by atoms with Crippen LogP contribution in [0.3, 0.4) is 0 Å². The fourth-order valence-electron chi connectivity index (χ4n) is 2.32. The highest BCUT2D eigenvalue weighted by atomic mass is 15.2. The first-order valence-corrected chi connectivity index (χ1v) is 7.06. The zero-order chi connectivity index (χ0) is 13.5. The van der Waals surface area contributed by atoms with Gasteiger partial charge in [0, 0.05) is 23.7 Å². The Hall–Kier alpha value is -1.84. The molecular weight excluding hydrogens is 236 g/mol. The maximum absolute atomic E-state index is 5.96. The van der Waals surface area contributed by atoms with Gasteiger partial charge in [0.15, 0.2) is 5.82 Å². The van der Waals surface area contributed by atoms with Crippen LogP contribution in [0.5, 0.6) is 0 Å². The van der Waals surface area contributed by atoms with Gasteiger partial charge in [0.1, 0.15) is 0 Å². The number of nitrogen functional groups attached to an aromatic ring is 1. The van der Waals surface area contributed by atoms with E-state index in [9.17, 15) is 0 Å². The van der Waals surface area contributed by atoms with Gasteiger partial charge in [-0.15, -0.1) is 0 Å². The third kappa shape index (κ3) is 3.56. The third-order valence-corrected chi connectivity index (χ3v) is 3.37. The molecule has 2 aromatic heterocycles. The van der Waals surface area contributed by atoms with E-state index in [1.165, 1.54) is 32.1 Å². The molecule has 2 heterocycles. The molecule has 0 aliphatic heterocycles. The molecule has 0 saturated carbocycles. The van der Waals surface area contributed by atoms with Crippen LogP contribution in [-0.2, 0) is 6.42 Å². The maximum atomic E-state index is 5.96. The van der Waals surface area contributed by atoms with Crippen molar-refractivity contribution in [1.82, 2.24) is 15.2 Å². The minimum atomic E-state index is 0.578. The molecule has 0 fully saturated rings. The van der Waals surface area contributed by atoms with Gasteiger partial charge in [0.2, 0.25) is 0 Å². The molecule has 102 valence electrons. The van der Waals surface area contributed by atoms with E-state index < -0.39 is 0 Å². The topological polar surface area (TPSA) is 67.6 Å². The van der Waals surface area contributed by atoms with E-state index in [1.54, 1.807) is 12.4 Å². The van der Waals surface area contributed by atoms with Crippen molar-refractivity contribution in [2.24, 2.45) is 0 Å². The van der Waals surface area contributed by atoms with Gasteiger partial charge in [-0.25, -0.2) is 0 Å². The molecule has 0 saturated heterocycles. The van der Waals surface area contributed by atoms with E-state index in [0.29, 0.717) is 5.82 Å². The Balaban J connectivity index is 2.02. The predicted octanol–water partition coefficient (Wildman–Crippen LogP) is 3.57. The second kappa shape index (κ2) is 6.92. The molecule has 4 nitrogen and oxygen atoms in total. The smallest absolute Gasteiger partial charge is 0.153 e. The molecular formula is C15H22N4. The minimum Gasteiger partial charge on any atom is -0.382 e. The summed E-state index contributed by atoms with van der Waals surface area (Å²) in [5.74, 6) is 0.578. The zero-order valence-electron chi connectivity index (χ0n) is 11.5. The number of H-pyrrole nitrogens is 1. The molecule has 0 amide bonds. The van der Waals surface area contributed by atoms with Crippen LogP contribution in [0.1, 0.15) is 44.7 Å². The second-order valence-corrected chi connectivity index (χ2v) is 4.86. The molecule has 0 unspecified atom stereocenters. The van der Waals surface area contributed by atoms with Gasteiger partial charge >= 0.3 is 0 Å². The first kappa shape index (κ1) is 13.6. The van der Waals surface area contributed by atoms with Crippen LogP contribution in [0.25, 0.3) is 11.1 Å². The third-order valence-electron chi connectivity index (χ3n) is 3.37. The van der Waals surface area contributed by atoms with Gasteiger partial charge in [-0.1, -0.05) is 32.6 Å². The fourth-order valence-corrected chi connectivity index (χ4v) is 2.32. The Morgan fingerprint density at radius 1 is 1.11 bits per heavy atom. The molecule has 0 aromatic carbocycles. The van der Waals surface area contributed by atoms with Crippen LogP contribution in [0.2, 0.25) is 0 Å². The molecule has 0 spiro atoms. The number of hydrogen-bond donors (Lipinski definition) is 2. The zero-order valence-corrected chi connectivity index (χ0v) is 11.5. The molecule has 19 heavy (non-hydrogen) atoms. The van der Waals surface area contributed by atoms with E-state index in [4.69, 9.17) is 5.73 Å². The van der Waals surface area contributed by atoms with E-state index in [-0.39, 0.29) is 0 Å². The Morgan fingerprint density at radius 2 is 1.84 bits per heavy atom. The molecule has 0 atom stereocenters. The lowest BCUT2D eigenvalue weighted by molar-refractivity contribution is 0.628. The summed E-state index contributed by atoms with van der Waals surface area (Å²) >= 11 is 0. The number of rotatable bonds is 7. The number of nitrogens with zero attached hydrogens (tertiary/aromatic N) is 2. The van der Waals surface area contributed by atoms with Gasteiger partial charge < -0.3 is 5.73 Å². The number of aromatic amines is 1. The quantitative estimate of drug-likeness (QED) is 0.746. The number of nitrogens with two attached hydrogens (primary N) is 1. The number of aryl methyl sites for hydroxylation is 1. The maximum Gasteiger partial charge on any atom is 0.153 e. The summed E-state index contributed by atoms with van der Waals surface area (Å²) < 4.78 is 0. The summed E-state index contributed by atoms with van der Waals surface area (Å²) in [6.07, 6.45) is 10.9. The summed E-state index contributed by atoms with van der Waals surface area (Å²) in [6.45, 7) is 2.23. The molecule has 2 rings (SSSR count). The average molecular weight is 258 g/mol. The van der Waals surface area contributed by atoms with E-state index in [1.807, 2.05) is 12.1 Å². The highest BCUT2D eigenvalue weighted by Crippen LogP contribution is 2.28. The normalized spacial score (nSPS) is 10.8. The first-order chi connectivity index (χ1) is 9.33. The molecule has 4 heteroatoms. The second-order valence-electron chi connectivity index (χ2n) is 4.86. The van der Waals surface area contributed by atoms with Crippen LogP contribution < -0.4 is 5.73 Å². The molecule has 0 bridgehead atoms. The SMILES string of the molecule is CCCCCCCc1[nH]nc(N)c1-c1ccncc1. The van der Waals surface area contributed by atoms with Gasteiger partial charge in [-0.2, -0.15) is 5.10 Å². The largest absolute Gasteiger partial charge is 0.382 e. The van der Waals surface area contributed by atoms with Crippen molar-refractivity contribution in [3.8, 4) is 11.1 Å². The Morgan fingerprint density at radius 3 is 2.58 bits per heavy atom. The van der Waals surface area contributed by atoms with Gasteiger partial charge in [-0.3, -0.25) is 10.1 Å². The molecule has 3 N–H and O–H groups in total. The monoisotopic (exact) mass is 258 g/mol. The fraction of sp³-hybridized carbons (Fsp3) is 0.467. The van der Waals surface area contributed by atoms with Crippen LogP contribution in [0.15, 0.2) is 24.5 Å². The van der Waals surface area contributed by atoms with Crippen LogP contribution >= 0.6 is 0 Å².